The maximum Gasteiger partial charge on any atom is 0.305 e. The van der Waals surface area contributed by atoms with E-state index in [1.807, 2.05) is 14.0 Å². The lowest BCUT2D eigenvalue weighted by atomic mass is 10.0. The minimum absolute atomic E-state index is 0. The van der Waals surface area contributed by atoms with Gasteiger partial charge in [0.15, 0.2) is 5.96 Å². The summed E-state index contributed by atoms with van der Waals surface area (Å²) in [5.74, 6) is 0.910. The summed E-state index contributed by atoms with van der Waals surface area (Å²) in [5.41, 5.74) is 2.85. The Morgan fingerprint density at radius 3 is 2.65 bits per heavy atom. The predicted molar refractivity (Wildman–Crippen MR) is 117 cm³/mol. The van der Waals surface area contributed by atoms with Crippen molar-refractivity contribution in [2.45, 2.75) is 52.0 Å². The van der Waals surface area contributed by atoms with Crippen molar-refractivity contribution in [3.05, 3.63) is 35.4 Å². The number of benzene rings is 1. The van der Waals surface area contributed by atoms with Gasteiger partial charge in [-0.15, -0.1) is 24.0 Å². The Hall–Kier alpha value is -1.31. The number of guanidine groups is 1. The summed E-state index contributed by atoms with van der Waals surface area (Å²) in [6.45, 7) is 5.18. The molecule has 0 unspecified atom stereocenters. The predicted octanol–water partition coefficient (Wildman–Crippen LogP) is 3.75. The minimum Gasteiger partial charge on any atom is -0.466 e. The Morgan fingerprint density at radius 2 is 1.92 bits per heavy atom. The van der Waals surface area contributed by atoms with Crippen molar-refractivity contribution < 1.29 is 9.53 Å². The molecule has 1 aromatic carbocycles. The normalized spacial score (nSPS) is 13.6. The molecule has 0 fully saturated rings. The Bertz CT molecular complexity index is 578. The number of hydrogen-bond donors (Lipinski definition) is 1. The molecule has 0 saturated carbocycles. The molecule has 0 aliphatic carbocycles. The quantitative estimate of drug-likeness (QED) is 0.206. The zero-order chi connectivity index (χ0) is 17.9. The number of esters is 1. The molecule has 1 N–H and O–H groups in total. The number of aliphatic imine (C=N–C) groups is 1. The molecule has 0 bridgehead atoms. The third-order valence-corrected chi connectivity index (χ3v) is 4.54. The summed E-state index contributed by atoms with van der Waals surface area (Å²) in [7, 11) is 1.85. The number of carbonyl (C=O) groups is 1. The van der Waals surface area contributed by atoms with Crippen molar-refractivity contribution in [1.82, 2.24) is 10.2 Å². The van der Waals surface area contributed by atoms with Crippen molar-refractivity contribution in [2.24, 2.45) is 4.99 Å². The fourth-order valence-corrected chi connectivity index (χ4v) is 3.19. The van der Waals surface area contributed by atoms with Gasteiger partial charge in [0.2, 0.25) is 0 Å². The highest BCUT2D eigenvalue weighted by Gasteiger charge is 2.18. The van der Waals surface area contributed by atoms with Gasteiger partial charge in [0.1, 0.15) is 0 Å². The number of halogens is 1. The van der Waals surface area contributed by atoms with Crippen molar-refractivity contribution in [2.75, 3.05) is 26.7 Å². The Morgan fingerprint density at radius 1 is 1.19 bits per heavy atom. The van der Waals surface area contributed by atoms with E-state index in [9.17, 15) is 4.79 Å². The number of carbonyl (C=O) groups excluding carboxylic acids is 1. The second-order valence-electron chi connectivity index (χ2n) is 6.38. The molecule has 1 aliphatic heterocycles. The van der Waals surface area contributed by atoms with Crippen LogP contribution in [-0.4, -0.2) is 43.6 Å². The first-order valence-electron chi connectivity index (χ1n) is 9.42. The molecule has 0 radical (unpaired) electrons. The first-order chi connectivity index (χ1) is 12.2. The highest BCUT2D eigenvalue weighted by Crippen LogP contribution is 2.18. The van der Waals surface area contributed by atoms with Gasteiger partial charge in [-0.3, -0.25) is 9.79 Å². The summed E-state index contributed by atoms with van der Waals surface area (Å²) in [5, 5.41) is 3.47. The minimum atomic E-state index is -0.0774. The van der Waals surface area contributed by atoms with E-state index in [1.165, 1.54) is 11.1 Å². The molecule has 6 heteroatoms. The van der Waals surface area contributed by atoms with Gasteiger partial charge in [0.25, 0.3) is 0 Å². The monoisotopic (exact) mass is 473 g/mol. The molecule has 1 heterocycles. The number of unbranched alkanes of at least 4 members (excludes halogenated alkanes) is 3. The third-order valence-electron chi connectivity index (χ3n) is 4.54. The molecule has 0 atom stereocenters. The van der Waals surface area contributed by atoms with Crippen LogP contribution < -0.4 is 5.32 Å². The molecule has 2 rings (SSSR count). The standard InChI is InChI=1S/C20H31N3O2.HI/c1-3-25-19(24)12-6-4-5-9-14-22-20(21-2)23-15-13-17-10-7-8-11-18(17)16-23;/h7-8,10-11H,3-6,9,12-16H2,1-2H3,(H,21,22);1H. The second-order valence-corrected chi connectivity index (χ2v) is 6.38. The van der Waals surface area contributed by atoms with Crippen LogP contribution in [0.4, 0.5) is 0 Å². The Balaban J connectivity index is 0.00000338. The van der Waals surface area contributed by atoms with Crippen LogP contribution in [0.15, 0.2) is 29.3 Å². The fourth-order valence-electron chi connectivity index (χ4n) is 3.19. The summed E-state index contributed by atoms with van der Waals surface area (Å²) < 4.78 is 4.94. The number of rotatable bonds is 8. The maximum atomic E-state index is 11.3. The van der Waals surface area contributed by atoms with Crippen molar-refractivity contribution in [1.29, 1.82) is 0 Å². The summed E-state index contributed by atoms with van der Waals surface area (Å²) >= 11 is 0. The van der Waals surface area contributed by atoms with Crippen LogP contribution in [0.3, 0.4) is 0 Å². The first-order valence-corrected chi connectivity index (χ1v) is 9.42. The Labute approximate surface area is 174 Å². The van der Waals surface area contributed by atoms with Gasteiger partial charge in [-0.25, -0.2) is 0 Å². The zero-order valence-electron chi connectivity index (χ0n) is 16.0. The van der Waals surface area contributed by atoms with E-state index in [-0.39, 0.29) is 29.9 Å². The molecular weight excluding hydrogens is 441 g/mol. The van der Waals surface area contributed by atoms with Crippen molar-refractivity contribution in [3.63, 3.8) is 0 Å². The zero-order valence-corrected chi connectivity index (χ0v) is 18.3. The van der Waals surface area contributed by atoms with Gasteiger partial charge in [-0.2, -0.15) is 0 Å². The second kappa shape index (κ2) is 12.9. The molecule has 26 heavy (non-hydrogen) atoms. The largest absolute Gasteiger partial charge is 0.466 e. The van der Waals surface area contributed by atoms with E-state index in [0.717, 1.165) is 57.7 Å². The molecule has 0 amide bonds. The van der Waals surface area contributed by atoms with Crippen LogP contribution in [0, 0.1) is 0 Å². The molecule has 0 saturated heterocycles. The van der Waals surface area contributed by atoms with E-state index in [4.69, 9.17) is 4.74 Å². The average Bonchev–Trinajstić information content (AvgIpc) is 2.64. The van der Waals surface area contributed by atoms with Crippen LogP contribution in [0.5, 0.6) is 0 Å². The van der Waals surface area contributed by atoms with E-state index < -0.39 is 0 Å². The lowest BCUT2D eigenvalue weighted by molar-refractivity contribution is -0.143. The van der Waals surface area contributed by atoms with Crippen molar-refractivity contribution >= 4 is 35.9 Å². The van der Waals surface area contributed by atoms with Gasteiger partial charge in [0, 0.05) is 33.1 Å². The molecule has 0 aromatic heterocycles. The number of nitrogens with zero attached hydrogens (tertiary/aromatic N) is 2. The lowest BCUT2D eigenvalue weighted by Crippen LogP contribution is -2.44. The van der Waals surface area contributed by atoms with Crippen LogP contribution >= 0.6 is 24.0 Å². The molecule has 0 spiro atoms. The van der Waals surface area contributed by atoms with E-state index in [0.29, 0.717) is 13.0 Å². The van der Waals surface area contributed by atoms with Crippen LogP contribution in [0.1, 0.15) is 50.2 Å². The Kier molecular flexibility index (Phi) is 11.3. The van der Waals surface area contributed by atoms with Crippen molar-refractivity contribution in [3.8, 4) is 0 Å². The molecule has 1 aromatic rings. The topological polar surface area (TPSA) is 53.9 Å². The molecule has 146 valence electrons. The first kappa shape index (κ1) is 22.7. The van der Waals surface area contributed by atoms with Gasteiger partial charge in [-0.1, -0.05) is 37.1 Å². The number of ether oxygens (including phenoxy) is 1. The summed E-state index contributed by atoms with van der Waals surface area (Å²) in [4.78, 5) is 18.0. The van der Waals surface area contributed by atoms with E-state index >= 15 is 0 Å². The fraction of sp³-hybridized carbons (Fsp3) is 0.600. The van der Waals surface area contributed by atoms with Gasteiger partial charge in [0.05, 0.1) is 6.61 Å². The van der Waals surface area contributed by atoms with Crippen LogP contribution in [-0.2, 0) is 22.5 Å². The maximum absolute atomic E-state index is 11.3. The average molecular weight is 473 g/mol. The lowest BCUT2D eigenvalue weighted by Gasteiger charge is -2.31. The molecule has 5 nitrogen and oxygen atoms in total. The van der Waals surface area contributed by atoms with E-state index in [2.05, 4.69) is 39.5 Å². The van der Waals surface area contributed by atoms with Crippen LogP contribution in [0.2, 0.25) is 0 Å². The number of fused-ring (bicyclic) bond motifs is 1. The summed E-state index contributed by atoms with van der Waals surface area (Å²) in [6.07, 6.45) is 5.80. The summed E-state index contributed by atoms with van der Waals surface area (Å²) in [6, 6.07) is 8.65. The van der Waals surface area contributed by atoms with Gasteiger partial charge >= 0.3 is 5.97 Å². The third kappa shape index (κ3) is 7.51. The van der Waals surface area contributed by atoms with Gasteiger partial charge in [-0.05, 0) is 37.3 Å². The van der Waals surface area contributed by atoms with Gasteiger partial charge < -0.3 is 15.0 Å². The molecular formula is C20H32IN3O2. The number of nitrogens with one attached hydrogen (secondary N) is 1. The highest BCUT2D eigenvalue weighted by molar-refractivity contribution is 14.0. The highest BCUT2D eigenvalue weighted by atomic mass is 127. The SMILES string of the molecule is CCOC(=O)CCCCCCNC(=NC)N1CCc2ccccc2C1.I. The van der Waals surface area contributed by atoms with Crippen LogP contribution in [0.25, 0.3) is 0 Å². The molecule has 1 aliphatic rings. The number of hydrogen-bond acceptors (Lipinski definition) is 3. The smallest absolute Gasteiger partial charge is 0.305 e. The van der Waals surface area contributed by atoms with E-state index in [1.54, 1.807) is 0 Å².